The lowest BCUT2D eigenvalue weighted by Crippen LogP contribution is -2.19. The van der Waals surface area contributed by atoms with Gasteiger partial charge in [-0.25, -0.2) is 0 Å². The van der Waals surface area contributed by atoms with Gasteiger partial charge >= 0.3 is 0 Å². The van der Waals surface area contributed by atoms with E-state index >= 15 is 0 Å². The smallest absolute Gasteiger partial charge is 0.175 e. The molecule has 0 bridgehead atoms. The number of hydrogen-bond acceptors (Lipinski definition) is 4. The van der Waals surface area contributed by atoms with E-state index in [2.05, 4.69) is 45.6 Å². The average Bonchev–Trinajstić information content (AvgIpc) is 2.46. The SMILES string of the molecule is CCCOc1c(Br)cc(CNCCCNC)cc1OCC. The molecular formula is C16H27BrN2O2. The first kappa shape index (κ1) is 18.3. The molecule has 0 radical (unpaired) electrons. The number of nitrogens with one attached hydrogen (secondary N) is 2. The molecule has 5 heteroatoms. The maximum absolute atomic E-state index is 5.78. The molecule has 2 N–H and O–H groups in total. The van der Waals surface area contributed by atoms with Crippen molar-refractivity contribution < 1.29 is 9.47 Å². The second kappa shape index (κ2) is 10.9. The Morgan fingerprint density at radius 3 is 2.62 bits per heavy atom. The van der Waals surface area contributed by atoms with Crippen molar-refractivity contribution in [2.45, 2.75) is 33.2 Å². The molecule has 4 nitrogen and oxygen atoms in total. The van der Waals surface area contributed by atoms with Crippen LogP contribution in [0.1, 0.15) is 32.3 Å². The third kappa shape index (κ3) is 6.68. The summed E-state index contributed by atoms with van der Waals surface area (Å²) >= 11 is 3.59. The van der Waals surface area contributed by atoms with E-state index in [1.54, 1.807) is 0 Å². The standard InChI is InChI=1S/C16H27BrN2O2/c1-4-9-21-16-14(17)10-13(11-15(16)20-5-2)12-19-8-6-7-18-3/h10-11,18-19H,4-9,12H2,1-3H3. The van der Waals surface area contributed by atoms with Crippen molar-refractivity contribution in [2.75, 3.05) is 33.4 Å². The summed E-state index contributed by atoms with van der Waals surface area (Å²) in [7, 11) is 1.97. The Hall–Kier alpha value is -0.780. The highest BCUT2D eigenvalue weighted by Crippen LogP contribution is 2.37. The molecule has 0 atom stereocenters. The normalized spacial score (nSPS) is 10.7. The van der Waals surface area contributed by atoms with Gasteiger partial charge in [0.1, 0.15) is 0 Å². The van der Waals surface area contributed by atoms with Crippen LogP contribution in [0.3, 0.4) is 0 Å². The second-order valence-electron chi connectivity index (χ2n) is 4.82. The number of benzene rings is 1. The summed E-state index contributed by atoms with van der Waals surface area (Å²) in [5.41, 5.74) is 1.19. The highest BCUT2D eigenvalue weighted by Gasteiger charge is 2.12. The van der Waals surface area contributed by atoms with Crippen LogP contribution >= 0.6 is 15.9 Å². The van der Waals surface area contributed by atoms with Crippen LogP contribution in [-0.2, 0) is 6.54 Å². The second-order valence-corrected chi connectivity index (χ2v) is 5.67. The van der Waals surface area contributed by atoms with Crippen LogP contribution in [0.25, 0.3) is 0 Å². The van der Waals surface area contributed by atoms with Gasteiger partial charge in [-0.3, -0.25) is 0 Å². The number of halogens is 1. The van der Waals surface area contributed by atoms with Crippen molar-refractivity contribution in [2.24, 2.45) is 0 Å². The molecule has 0 saturated carbocycles. The lowest BCUT2D eigenvalue weighted by Gasteiger charge is -2.15. The zero-order valence-electron chi connectivity index (χ0n) is 13.3. The lowest BCUT2D eigenvalue weighted by atomic mass is 10.2. The van der Waals surface area contributed by atoms with Gasteiger partial charge in [0, 0.05) is 6.54 Å². The molecule has 120 valence electrons. The van der Waals surface area contributed by atoms with E-state index in [1.807, 2.05) is 14.0 Å². The average molecular weight is 359 g/mol. The van der Waals surface area contributed by atoms with E-state index in [0.717, 1.165) is 48.4 Å². The van der Waals surface area contributed by atoms with Crippen LogP contribution in [0.15, 0.2) is 16.6 Å². The highest BCUT2D eigenvalue weighted by atomic mass is 79.9. The molecule has 0 heterocycles. The van der Waals surface area contributed by atoms with E-state index in [-0.39, 0.29) is 0 Å². The van der Waals surface area contributed by atoms with Crippen LogP contribution < -0.4 is 20.1 Å². The fraction of sp³-hybridized carbons (Fsp3) is 0.625. The van der Waals surface area contributed by atoms with Crippen LogP contribution in [-0.4, -0.2) is 33.4 Å². The van der Waals surface area contributed by atoms with Gasteiger partial charge in [-0.15, -0.1) is 0 Å². The Labute approximate surface area is 136 Å². The predicted octanol–water partition coefficient (Wildman–Crippen LogP) is 3.34. The fourth-order valence-corrected chi connectivity index (χ4v) is 2.56. The molecule has 0 unspecified atom stereocenters. The molecule has 0 saturated heterocycles. The minimum absolute atomic E-state index is 0.633. The first-order valence-electron chi connectivity index (χ1n) is 7.66. The van der Waals surface area contributed by atoms with Crippen LogP contribution in [0.5, 0.6) is 11.5 Å². The van der Waals surface area contributed by atoms with Crippen LogP contribution in [0.4, 0.5) is 0 Å². The van der Waals surface area contributed by atoms with Gasteiger partial charge in [-0.1, -0.05) is 6.92 Å². The summed E-state index contributed by atoms with van der Waals surface area (Å²) in [5.74, 6) is 1.62. The third-order valence-electron chi connectivity index (χ3n) is 2.93. The predicted molar refractivity (Wildman–Crippen MR) is 91.3 cm³/mol. The molecule has 0 aliphatic rings. The van der Waals surface area contributed by atoms with E-state index in [0.29, 0.717) is 13.2 Å². The van der Waals surface area contributed by atoms with Gasteiger partial charge in [-0.05, 0) is 73.5 Å². The number of hydrogen-bond donors (Lipinski definition) is 2. The van der Waals surface area contributed by atoms with E-state index in [4.69, 9.17) is 9.47 Å². The molecular weight excluding hydrogens is 332 g/mol. The molecule has 0 fully saturated rings. The Bertz CT molecular complexity index is 414. The highest BCUT2D eigenvalue weighted by molar-refractivity contribution is 9.10. The lowest BCUT2D eigenvalue weighted by molar-refractivity contribution is 0.275. The van der Waals surface area contributed by atoms with Crippen molar-refractivity contribution in [1.29, 1.82) is 0 Å². The molecule has 0 aromatic heterocycles. The molecule has 1 aromatic carbocycles. The van der Waals surface area contributed by atoms with Gasteiger partial charge in [-0.2, -0.15) is 0 Å². The largest absolute Gasteiger partial charge is 0.490 e. The Balaban J connectivity index is 2.68. The summed E-state index contributed by atoms with van der Waals surface area (Å²) in [5, 5.41) is 6.58. The zero-order valence-corrected chi connectivity index (χ0v) is 14.9. The quantitative estimate of drug-likeness (QED) is 0.595. The van der Waals surface area contributed by atoms with E-state index in [1.165, 1.54) is 5.56 Å². The number of ether oxygens (including phenoxy) is 2. The van der Waals surface area contributed by atoms with E-state index in [9.17, 15) is 0 Å². The minimum atomic E-state index is 0.633. The molecule has 0 amide bonds. The Kier molecular flexibility index (Phi) is 9.46. The monoisotopic (exact) mass is 358 g/mol. The summed E-state index contributed by atoms with van der Waals surface area (Å²) in [6, 6.07) is 4.16. The molecule has 0 aliphatic carbocycles. The van der Waals surface area contributed by atoms with Crippen molar-refractivity contribution >= 4 is 15.9 Å². The molecule has 21 heavy (non-hydrogen) atoms. The van der Waals surface area contributed by atoms with Gasteiger partial charge in [0.05, 0.1) is 17.7 Å². The third-order valence-corrected chi connectivity index (χ3v) is 3.52. The maximum Gasteiger partial charge on any atom is 0.175 e. The van der Waals surface area contributed by atoms with Gasteiger partial charge in [0.15, 0.2) is 11.5 Å². The maximum atomic E-state index is 5.78. The molecule has 0 aliphatic heterocycles. The topological polar surface area (TPSA) is 42.5 Å². The molecule has 0 spiro atoms. The molecule has 1 aromatic rings. The first-order valence-corrected chi connectivity index (χ1v) is 8.45. The van der Waals surface area contributed by atoms with Gasteiger partial charge < -0.3 is 20.1 Å². The van der Waals surface area contributed by atoms with Crippen molar-refractivity contribution in [3.05, 3.63) is 22.2 Å². The van der Waals surface area contributed by atoms with Gasteiger partial charge in [0.25, 0.3) is 0 Å². The number of rotatable bonds is 11. The summed E-state index contributed by atoms with van der Waals surface area (Å²) < 4.78 is 12.4. The summed E-state index contributed by atoms with van der Waals surface area (Å²) in [4.78, 5) is 0. The van der Waals surface area contributed by atoms with E-state index < -0.39 is 0 Å². The summed E-state index contributed by atoms with van der Waals surface area (Å²) in [6.45, 7) is 8.27. The summed E-state index contributed by atoms with van der Waals surface area (Å²) in [6.07, 6.45) is 2.10. The van der Waals surface area contributed by atoms with Crippen LogP contribution in [0, 0.1) is 0 Å². The van der Waals surface area contributed by atoms with Crippen molar-refractivity contribution in [3.63, 3.8) is 0 Å². The first-order chi connectivity index (χ1) is 10.2. The Morgan fingerprint density at radius 2 is 1.95 bits per heavy atom. The minimum Gasteiger partial charge on any atom is -0.490 e. The molecule has 1 rings (SSSR count). The van der Waals surface area contributed by atoms with Crippen molar-refractivity contribution in [1.82, 2.24) is 10.6 Å². The Morgan fingerprint density at radius 1 is 1.14 bits per heavy atom. The van der Waals surface area contributed by atoms with Crippen molar-refractivity contribution in [3.8, 4) is 11.5 Å². The van der Waals surface area contributed by atoms with Gasteiger partial charge in [0.2, 0.25) is 0 Å². The van der Waals surface area contributed by atoms with Crippen LogP contribution in [0.2, 0.25) is 0 Å². The zero-order chi connectivity index (χ0) is 15.5. The fourth-order valence-electron chi connectivity index (χ4n) is 1.95.